The molecular formula is C16H30O2S2. The number of esters is 1. The highest BCUT2D eigenvalue weighted by atomic mass is 33.1. The number of hydrogen-bond donors (Lipinski definition) is 0. The smallest absolute Gasteiger partial charge is 0.305 e. The Morgan fingerprint density at radius 1 is 1.20 bits per heavy atom. The van der Waals surface area contributed by atoms with Crippen molar-refractivity contribution >= 4 is 27.6 Å². The molecule has 0 radical (unpaired) electrons. The van der Waals surface area contributed by atoms with Gasteiger partial charge in [-0.1, -0.05) is 61.1 Å². The molecule has 0 aliphatic carbocycles. The van der Waals surface area contributed by atoms with Gasteiger partial charge in [-0.15, -0.1) is 0 Å². The van der Waals surface area contributed by atoms with Crippen molar-refractivity contribution < 1.29 is 9.53 Å². The van der Waals surface area contributed by atoms with Gasteiger partial charge < -0.3 is 4.74 Å². The molecule has 1 heterocycles. The van der Waals surface area contributed by atoms with E-state index in [2.05, 4.69) is 13.8 Å². The molecular weight excluding hydrogens is 288 g/mol. The van der Waals surface area contributed by atoms with Crippen LogP contribution in [-0.4, -0.2) is 23.6 Å². The molecule has 1 aliphatic heterocycles. The Morgan fingerprint density at radius 3 is 2.75 bits per heavy atom. The van der Waals surface area contributed by atoms with Crippen LogP contribution in [-0.2, 0) is 9.53 Å². The number of ether oxygens (including phenoxy) is 1. The highest BCUT2D eigenvalue weighted by Crippen LogP contribution is 2.39. The molecule has 1 unspecified atom stereocenters. The van der Waals surface area contributed by atoms with Crippen molar-refractivity contribution in [1.29, 1.82) is 0 Å². The lowest BCUT2D eigenvalue weighted by atomic mass is 10.1. The predicted octanol–water partition coefficient (Wildman–Crippen LogP) is 5.46. The van der Waals surface area contributed by atoms with Gasteiger partial charge in [-0.3, -0.25) is 4.79 Å². The summed E-state index contributed by atoms with van der Waals surface area (Å²) >= 11 is 0. The second-order valence-electron chi connectivity index (χ2n) is 6.04. The van der Waals surface area contributed by atoms with Crippen LogP contribution in [0.4, 0.5) is 0 Å². The Hall–Kier alpha value is 0.170. The number of hydrogen-bond acceptors (Lipinski definition) is 4. The van der Waals surface area contributed by atoms with Gasteiger partial charge in [0.05, 0.1) is 6.61 Å². The van der Waals surface area contributed by atoms with Gasteiger partial charge in [-0.05, 0) is 31.6 Å². The third-order valence-corrected chi connectivity index (χ3v) is 6.58. The van der Waals surface area contributed by atoms with Gasteiger partial charge in [-0.2, -0.15) is 0 Å². The molecule has 1 saturated heterocycles. The van der Waals surface area contributed by atoms with Crippen LogP contribution < -0.4 is 0 Å². The molecule has 0 saturated carbocycles. The summed E-state index contributed by atoms with van der Waals surface area (Å²) in [5.74, 6) is 2.09. The lowest BCUT2D eigenvalue weighted by molar-refractivity contribution is -0.143. The Balaban J connectivity index is 1.82. The van der Waals surface area contributed by atoms with E-state index in [0.717, 1.165) is 24.0 Å². The van der Waals surface area contributed by atoms with Crippen LogP contribution in [0.2, 0.25) is 0 Å². The van der Waals surface area contributed by atoms with Gasteiger partial charge in [0.25, 0.3) is 0 Å². The van der Waals surface area contributed by atoms with E-state index in [1.807, 2.05) is 21.6 Å². The third-order valence-electron chi connectivity index (χ3n) is 3.57. The lowest BCUT2D eigenvalue weighted by Gasteiger charge is -2.07. The maximum Gasteiger partial charge on any atom is 0.305 e. The molecule has 0 amide bonds. The topological polar surface area (TPSA) is 26.3 Å². The fourth-order valence-corrected chi connectivity index (χ4v) is 5.32. The molecule has 0 aromatic carbocycles. The normalized spacial score (nSPS) is 18.6. The molecule has 118 valence electrons. The Labute approximate surface area is 132 Å². The SMILES string of the molecule is CC(C)CCCCCOC(=O)CCCCC1CCSS1. The van der Waals surface area contributed by atoms with Gasteiger partial charge >= 0.3 is 5.97 Å². The van der Waals surface area contributed by atoms with Crippen molar-refractivity contribution in [3.8, 4) is 0 Å². The van der Waals surface area contributed by atoms with Gasteiger partial charge in [0.1, 0.15) is 0 Å². The Morgan fingerprint density at radius 2 is 2.05 bits per heavy atom. The quantitative estimate of drug-likeness (QED) is 0.287. The number of unbranched alkanes of at least 4 members (excludes halogenated alkanes) is 3. The van der Waals surface area contributed by atoms with Gasteiger partial charge in [-0.25, -0.2) is 0 Å². The summed E-state index contributed by atoms with van der Waals surface area (Å²) < 4.78 is 5.27. The van der Waals surface area contributed by atoms with Crippen molar-refractivity contribution in [2.45, 2.75) is 76.9 Å². The molecule has 0 aromatic rings. The first-order chi connectivity index (χ1) is 9.68. The maximum absolute atomic E-state index is 11.5. The van der Waals surface area contributed by atoms with E-state index >= 15 is 0 Å². The minimum atomic E-state index is 0.00214. The monoisotopic (exact) mass is 318 g/mol. The van der Waals surface area contributed by atoms with E-state index in [9.17, 15) is 4.79 Å². The van der Waals surface area contributed by atoms with Crippen molar-refractivity contribution in [2.75, 3.05) is 12.4 Å². The molecule has 0 aromatic heterocycles. The minimum absolute atomic E-state index is 0.00214. The molecule has 1 fully saturated rings. The number of rotatable bonds is 11. The van der Waals surface area contributed by atoms with Crippen LogP contribution in [0.15, 0.2) is 0 Å². The molecule has 4 heteroatoms. The molecule has 0 N–H and O–H groups in total. The zero-order valence-corrected chi connectivity index (χ0v) is 14.7. The van der Waals surface area contributed by atoms with E-state index < -0.39 is 0 Å². The van der Waals surface area contributed by atoms with Crippen LogP contribution in [0.1, 0.15) is 71.6 Å². The maximum atomic E-state index is 11.5. The second kappa shape index (κ2) is 11.8. The third kappa shape index (κ3) is 9.98. The average Bonchev–Trinajstić information content (AvgIpc) is 2.91. The summed E-state index contributed by atoms with van der Waals surface area (Å²) in [4.78, 5) is 11.5. The van der Waals surface area contributed by atoms with Crippen LogP contribution in [0.5, 0.6) is 0 Å². The van der Waals surface area contributed by atoms with Crippen LogP contribution >= 0.6 is 21.6 Å². The van der Waals surface area contributed by atoms with Crippen molar-refractivity contribution in [1.82, 2.24) is 0 Å². The summed E-state index contributed by atoms with van der Waals surface area (Å²) in [6, 6.07) is 0. The minimum Gasteiger partial charge on any atom is -0.466 e. The summed E-state index contributed by atoms with van der Waals surface area (Å²) in [5, 5.41) is 0.831. The Bertz CT molecular complexity index is 251. The highest BCUT2D eigenvalue weighted by molar-refractivity contribution is 8.77. The molecule has 0 bridgehead atoms. The fraction of sp³-hybridized carbons (Fsp3) is 0.938. The predicted molar refractivity (Wildman–Crippen MR) is 91.2 cm³/mol. The van der Waals surface area contributed by atoms with E-state index in [4.69, 9.17) is 4.74 Å². The summed E-state index contributed by atoms with van der Waals surface area (Å²) in [7, 11) is 4.02. The van der Waals surface area contributed by atoms with Crippen molar-refractivity contribution in [3.63, 3.8) is 0 Å². The highest BCUT2D eigenvalue weighted by Gasteiger charge is 2.15. The molecule has 1 aliphatic rings. The summed E-state index contributed by atoms with van der Waals surface area (Å²) in [6.07, 6.45) is 10.1. The van der Waals surface area contributed by atoms with Crippen LogP contribution in [0.25, 0.3) is 0 Å². The number of carbonyl (C=O) groups excluding carboxylic acids is 1. The van der Waals surface area contributed by atoms with Crippen LogP contribution in [0.3, 0.4) is 0 Å². The fourth-order valence-electron chi connectivity index (χ4n) is 2.30. The van der Waals surface area contributed by atoms with Crippen molar-refractivity contribution in [2.24, 2.45) is 5.92 Å². The first-order valence-electron chi connectivity index (χ1n) is 8.12. The molecule has 1 rings (SSSR count). The van der Waals surface area contributed by atoms with Gasteiger partial charge in [0, 0.05) is 17.4 Å². The standard InChI is InChI=1S/C16H30O2S2/c1-14(2)8-4-3-7-12-18-16(17)10-6-5-9-15-11-13-19-20-15/h14-15H,3-13H2,1-2H3. The molecule has 1 atom stereocenters. The summed E-state index contributed by atoms with van der Waals surface area (Å²) in [6.45, 7) is 5.12. The van der Waals surface area contributed by atoms with E-state index in [1.165, 1.54) is 44.3 Å². The summed E-state index contributed by atoms with van der Waals surface area (Å²) in [5.41, 5.74) is 0. The first-order valence-corrected chi connectivity index (χ1v) is 10.5. The van der Waals surface area contributed by atoms with Gasteiger partial charge in [0.2, 0.25) is 0 Å². The molecule has 2 nitrogen and oxygen atoms in total. The Kier molecular flexibility index (Phi) is 10.7. The average molecular weight is 319 g/mol. The van der Waals surface area contributed by atoms with Crippen LogP contribution in [0, 0.1) is 5.92 Å². The van der Waals surface area contributed by atoms with Gasteiger partial charge in [0.15, 0.2) is 0 Å². The van der Waals surface area contributed by atoms with E-state index in [1.54, 1.807) is 0 Å². The first kappa shape index (κ1) is 18.2. The molecule has 20 heavy (non-hydrogen) atoms. The van der Waals surface area contributed by atoms with E-state index in [-0.39, 0.29) is 5.97 Å². The number of carbonyl (C=O) groups is 1. The zero-order valence-electron chi connectivity index (χ0n) is 13.1. The van der Waals surface area contributed by atoms with E-state index in [0.29, 0.717) is 13.0 Å². The zero-order chi connectivity index (χ0) is 14.6. The second-order valence-corrected chi connectivity index (χ2v) is 8.83. The van der Waals surface area contributed by atoms with Crippen molar-refractivity contribution in [3.05, 3.63) is 0 Å². The lowest BCUT2D eigenvalue weighted by Crippen LogP contribution is -2.06. The molecule has 0 spiro atoms. The largest absolute Gasteiger partial charge is 0.466 e.